The fraction of sp³-hybridized carbons (Fsp3) is 0.375. The molecule has 0 aliphatic carbocycles. The van der Waals surface area contributed by atoms with Gasteiger partial charge in [0.25, 0.3) is 0 Å². The van der Waals surface area contributed by atoms with Crippen LogP contribution in [0.2, 0.25) is 0 Å². The van der Waals surface area contributed by atoms with Gasteiger partial charge in [0.05, 0.1) is 13.0 Å². The molecule has 0 unspecified atom stereocenters. The number of benzene rings is 1. The van der Waals surface area contributed by atoms with E-state index in [9.17, 15) is 13.6 Å². The summed E-state index contributed by atoms with van der Waals surface area (Å²) in [6, 6.07) is 3.47. The van der Waals surface area contributed by atoms with Gasteiger partial charge in [-0.25, -0.2) is 8.78 Å². The number of halogens is 2. The normalized spacial score (nSPS) is 16.4. The van der Waals surface area contributed by atoms with Crippen LogP contribution >= 0.6 is 12.2 Å². The number of nitrogens with one attached hydrogen (secondary N) is 1. The molecule has 0 saturated carbocycles. The first-order valence-electron chi connectivity index (χ1n) is 7.40. The summed E-state index contributed by atoms with van der Waals surface area (Å²) in [5.41, 5.74) is 1.88. The second-order valence-corrected chi connectivity index (χ2v) is 5.90. The monoisotopic (exact) mass is 338 g/mol. The van der Waals surface area contributed by atoms with E-state index in [0.29, 0.717) is 35.6 Å². The van der Waals surface area contributed by atoms with Crippen molar-refractivity contribution < 1.29 is 18.3 Å². The van der Waals surface area contributed by atoms with Crippen LogP contribution in [-0.2, 0) is 28.9 Å². The molecular weight excluding hydrogens is 322 g/mol. The molecule has 1 aliphatic rings. The standard InChI is InChI=1S/C16H16F2N2O2S/c1-2-22-15(21)7-13-14-5-9(8-20(14)16(23)19-13)11-6-10(17)3-4-12(11)18/h3-4,6,9H,2,5,7-8H2,1H3,(H,19,23)/t9-/m0/s1. The number of fused-ring (bicyclic) bond motifs is 1. The molecule has 7 heteroatoms. The molecule has 1 aliphatic heterocycles. The summed E-state index contributed by atoms with van der Waals surface area (Å²) in [5.74, 6) is -1.43. The van der Waals surface area contributed by atoms with Gasteiger partial charge in [-0.2, -0.15) is 0 Å². The maximum atomic E-state index is 14.0. The van der Waals surface area contributed by atoms with Crippen molar-refractivity contribution in [3.63, 3.8) is 0 Å². The number of nitrogens with zero attached hydrogens (tertiary/aromatic N) is 1. The number of carbonyl (C=O) groups is 1. The number of carbonyl (C=O) groups excluding carboxylic acids is 1. The van der Waals surface area contributed by atoms with Gasteiger partial charge in [0.15, 0.2) is 4.77 Å². The fourth-order valence-electron chi connectivity index (χ4n) is 3.04. The van der Waals surface area contributed by atoms with Crippen LogP contribution in [-0.4, -0.2) is 22.1 Å². The minimum Gasteiger partial charge on any atom is -0.466 e. The average Bonchev–Trinajstić information content (AvgIpc) is 3.04. The van der Waals surface area contributed by atoms with Gasteiger partial charge in [-0.3, -0.25) is 4.79 Å². The van der Waals surface area contributed by atoms with Crippen molar-refractivity contribution in [1.82, 2.24) is 9.55 Å². The Morgan fingerprint density at radius 3 is 3.00 bits per heavy atom. The summed E-state index contributed by atoms with van der Waals surface area (Å²) in [6.07, 6.45) is 0.598. The van der Waals surface area contributed by atoms with E-state index in [2.05, 4.69) is 4.98 Å². The van der Waals surface area contributed by atoms with Crippen LogP contribution < -0.4 is 0 Å². The fourth-order valence-corrected chi connectivity index (χ4v) is 3.35. The molecule has 2 aromatic rings. The van der Waals surface area contributed by atoms with Gasteiger partial charge in [-0.05, 0) is 49.3 Å². The van der Waals surface area contributed by atoms with E-state index in [1.54, 1.807) is 6.92 Å². The molecule has 0 spiro atoms. The molecular formula is C16H16F2N2O2S. The molecule has 2 heterocycles. The minimum atomic E-state index is -0.463. The van der Waals surface area contributed by atoms with Crippen LogP contribution in [0.1, 0.15) is 29.8 Å². The molecule has 0 saturated heterocycles. The summed E-state index contributed by atoms with van der Waals surface area (Å²) in [7, 11) is 0. The van der Waals surface area contributed by atoms with E-state index in [0.717, 1.165) is 17.8 Å². The van der Waals surface area contributed by atoms with Crippen molar-refractivity contribution >= 4 is 18.2 Å². The maximum absolute atomic E-state index is 14.0. The van der Waals surface area contributed by atoms with Gasteiger partial charge < -0.3 is 14.3 Å². The zero-order valence-electron chi connectivity index (χ0n) is 12.6. The van der Waals surface area contributed by atoms with Crippen molar-refractivity contribution in [2.24, 2.45) is 0 Å². The highest BCUT2D eigenvalue weighted by atomic mass is 32.1. The van der Waals surface area contributed by atoms with E-state index in [-0.39, 0.29) is 18.3 Å². The lowest BCUT2D eigenvalue weighted by atomic mass is 9.95. The smallest absolute Gasteiger partial charge is 0.311 e. The number of H-pyrrole nitrogens is 1. The number of rotatable bonds is 4. The summed E-state index contributed by atoms with van der Waals surface area (Å²) in [5, 5.41) is 0. The van der Waals surface area contributed by atoms with Gasteiger partial charge in [0, 0.05) is 23.9 Å². The van der Waals surface area contributed by atoms with Crippen molar-refractivity contribution in [3.05, 3.63) is 51.6 Å². The molecule has 1 aromatic heterocycles. The number of hydrogen-bond acceptors (Lipinski definition) is 3. The summed E-state index contributed by atoms with van der Waals surface area (Å²) in [4.78, 5) is 14.7. The Kier molecular flexibility index (Phi) is 4.30. The Bertz CT molecular complexity index is 813. The third-order valence-electron chi connectivity index (χ3n) is 4.04. The average molecular weight is 338 g/mol. The minimum absolute atomic E-state index is 0.0954. The van der Waals surface area contributed by atoms with E-state index >= 15 is 0 Å². The van der Waals surface area contributed by atoms with E-state index in [1.165, 1.54) is 6.07 Å². The van der Waals surface area contributed by atoms with Crippen LogP contribution in [0.25, 0.3) is 0 Å². The van der Waals surface area contributed by atoms with Crippen LogP contribution in [0.15, 0.2) is 18.2 Å². The second kappa shape index (κ2) is 6.23. The molecule has 1 N–H and O–H groups in total. The summed E-state index contributed by atoms with van der Waals surface area (Å²) >= 11 is 5.27. The lowest BCUT2D eigenvalue weighted by molar-refractivity contribution is -0.142. The maximum Gasteiger partial charge on any atom is 0.311 e. The van der Waals surface area contributed by atoms with Gasteiger partial charge in [-0.15, -0.1) is 0 Å². The molecule has 0 amide bonds. The van der Waals surface area contributed by atoms with Crippen LogP contribution in [0.3, 0.4) is 0 Å². The molecule has 0 fully saturated rings. The highest BCUT2D eigenvalue weighted by molar-refractivity contribution is 7.71. The number of aromatic nitrogens is 2. The number of imidazole rings is 1. The number of esters is 1. The molecule has 23 heavy (non-hydrogen) atoms. The van der Waals surface area contributed by atoms with Gasteiger partial charge in [0.1, 0.15) is 11.6 Å². The SMILES string of the molecule is CCOC(=O)Cc1[nH]c(=S)n2c1C[C@H](c1cc(F)ccc1F)C2. The topological polar surface area (TPSA) is 47.0 Å². The third-order valence-corrected chi connectivity index (χ3v) is 4.37. The zero-order chi connectivity index (χ0) is 16.6. The van der Waals surface area contributed by atoms with E-state index in [4.69, 9.17) is 17.0 Å². The molecule has 1 aromatic carbocycles. The van der Waals surface area contributed by atoms with Crippen LogP contribution in [0.4, 0.5) is 8.78 Å². The highest BCUT2D eigenvalue weighted by Crippen LogP contribution is 2.33. The Morgan fingerprint density at radius 1 is 1.48 bits per heavy atom. The first-order chi connectivity index (χ1) is 11.0. The van der Waals surface area contributed by atoms with Crippen LogP contribution in [0.5, 0.6) is 0 Å². The molecule has 3 rings (SSSR count). The molecule has 1 atom stereocenters. The lowest BCUT2D eigenvalue weighted by Gasteiger charge is -2.11. The predicted octanol–water partition coefficient (Wildman–Crippen LogP) is 3.27. The summed E-state index contributed by atoms with van der Waals surface area (Å²) in [6.45, 7) is 2.52. The summed E-state index contributed by atoms with van der Waals surface area (Å²) < 4.78 is 34.7. The van der Waals surface area contributed by atoms with E-state index < -0.39 is 11.6 Å². The van der Waals surface area contributed by atoms with Crippen molar-refractivity contribution in [1.29, 1.82) is 0 Å². The Hall–Kier alpha value is -2.02. The first kappa shape index (κ1) is 15.9. The number of aromatic amines is 1. The van der Waals surface area contributed by atoms with Gasteiger partial charge in [-0.1, -0.05) is 0 Å². The highest BCUT2D eigenvalue weighted by Gasteiger charge is 2.29. The van der Waals surface area contributed by atoms with E-state index in [1.807, 2.05) is 4.57 Å². The number of hydrogen-bond donors (Lipinski definition) is 1. The van der Waals surface area contributed by atoms with Crippen molar-refractivity contribution in [2.75, 3.05) is 6.61 Å². The molecule has 4 nitrogen and oxygen atoms in total. The quantitative estimate of drug-likeness (QED) is 0.687. The van der Waals surface area contributed by atoms with Crippen molar-refractivity contribution in [3.8, 4) is 0 Å². The predicted molar refractivity (Wildman–Crippen MR) is 82.8 cm³/mol. The van der Waals surface area contributed by atoms with Gasteiger partial charge >= 0.3 is 5.97 Å². The number of ether oxygens (including phenoxy) is 1. The first-order valence-corrected chi connectivity index (χ1v) is 7.81. The molecule has 122 valence electrons. The largest absolute Gasteiger partial charge is 0.466 e. The van der Waals surface area contributed by atoms with Gasteiger partial charge in [0.2, 0.25) is 0 Å². The zero-order valence-corrected chi connectivity index (χ0v) is 13.4. The molecule has 0 radical (unpaired) electrons. The van der Waals surface area contributed by atoms with Crippen LogP contribution in [0, 0.1) is 16.4 Å². The third kappa shape index (κ3) is 3.06. The molecule has 0 bridgehead atoms. The Balaban J connectivity index is 1.88. The lowest BCUT2D eigenvalue weighted by Crippen LogP contribution is -2.09. The van der Waals surface area contributed by atoms with Crippen molar-refractivity contribution in [2.45, 2.75) is 32.2 Å². The second-order valence-electron chi connectivity index (χ2n) is 5.51. The Morgan fingerprint density at radius 2 is 2.26 bits per heavy atom. The Labute approximate surface area is 137 Å².